The van der Waals surface area contributed by atoms with Gasteiger partial charge in [0.15, 0.2) is 0 Å². The Bertz CT molecular complexity index is 1340. The summed E-state index contributed by atoms with van der Waals surface area (Å²) >= 11 is 0. The number of nitrogens with zero attached hydrogens (tertiary/aromatic N) is 4. The monoisotopic (exact) mass is 451 g/mol. The summed E-state index contributed by atoms with van der Waals surface area (Å²) < 4.78 is 0. The number of benzene rings is 2. The van der Waals surface area contributed by atoms with Crippen LogP contribution in [0, 0.1) is 22.7 Å². The lowest BCUT2D eigenvalue weighted by Gasteiger charge is -2.21. The van der Waals surface area contributed by atoms with Crippen molar-refractivity contribution in [1.82, 2.24) is 15.3 Å². The van der Waals surface area contributed by atoms with Crippen molar-refractivity contribution in [3.8, 4) is 23.4 Å². The third kappa shape index (κ3) is 4.17. The molecule has 8 nitrogen and oxygen atoms in total. The highest BCUT2D eigenvalue weighted by atomic mass is 16.3. The molecule has 5 rings (SSSR count). The summed E-state index contributed by atoms with van der Waals surface area (Å²) in [6.07, 6.45) is 4.06. The first-order chi connectivity index (χ1) is 16.5. The van der Waals surface area contributed by atoms with E-state index in [9.17, 15) is 15.6 Å². The Kier molecular flexibility index (Phi) is 5.62. The van der Waals surface area contributed by atoms with E-state index < -0.39 is 5.41 Å². The average molecular weight is 452 g/mol. The standard InChI is InChI=1S/C26H25N7O/c1-26(15-34)14-31-24-19(12-28)9-18(10-21(24)26)22-6-7-29-25(32-22)33-23-8-16(11-27)2-3-17(23)13-30-20-4-5-20/h2-3,6-10,20,30-31,34H,4-5,13-15H2,1H3,(H,29,32,33)/t26-/m1/s1. The van der Waals surface area contributed by atoms with E-state index in [1.54, 1.807) is 12.3 Å². The molecule has 2 aromatic carbocycles. The van der Waals surface area contributed by atoms with E-state index in [2.05, 4.69) is 33.1 Å². The van der Waals surface area contributed by atoms with Crippen LogP contribution in [-0.4, -0.2) is 34.3 Å². The molecule has 1 aliphatic heterocycles. The number of nitrogens with one attached hydrogen (secondary N) is 3. The van der Waals surface area contributed by atoms with E-state index >= 15 is 0 Å². The third-order valence-corrected chi connectivity index (χ3v) is 6.51. The average Bonchev–Trinajstić information content (AvgIpc) is 3.64. The summed E-state index contributed by atoms with van der Waals surface area (Å²) in [4.78, 5) is 9.08. The molecule has 2 heterocycles. The van der Waals surface area contributed by atoms with Crippen LogP contribution in [0.4, 0.5) is 17.3 Å². The highest BCUT2D eigenvalue weighted by Crippen LogP contribution is 2.41. The van der Waals surface area contributed by atoms with Crippen molar-refractivity contribution in [3.05, 3.63) is 64.8 Å². The number of hydrogen-bond donors (Lipinski definition) is 4. The van der Waals surface area contributed by atoms with Crippen LogP contribution >= 0.6 is 0 Å². The number of aliphatic hydroxyl groups is 1. The Labute approximate surface area is 198 Å². The number of fused-ring (bicyclic) bond motifs is 1. The molecule has 4 N–H and O–H groups in total. The fraction of sp³-hybridized carbons (Fsp3) is 0.308. The van der Waals surface area contributed by atoms with Crippen LogP contribution in [0.1, 0.15) is 42.0 Å². The number of aliphatic hydroxyl groups excluding tert-OH is 1. The van der Waals surface area contributed by atoms with E-state index in [-0.39, 0.29) is 6.61 Å². The minimum Gasteiger partial charge on any atom is -0.395 e. The van der Waals surface area contributed by atoms with Crippen molar-refractivity contribution in [1.29, 1.82) is 10.5 Å². The molecular formula is C26H25N7O. The fourth-order valence-corrected chi connectivity index (χ4v) is 4.22. The third-order valence-electron chi connectivity index (χ3n) is 6.51. The lowest BCUT2D eigenvalue weighted by molar-refractivity contribution is 0.219. The van der Waals surface area contributed by atoms with E-state index in [1.165, 1.54) is 12.8 Å². The van der Waals surface area contributed by atoms with Crippen LogP contribution in [-0.2, 0) is 12.0 Å². The lowest BCUT2D eigenvalue weighted by Crippen LogP contribution is -2.28. The summed E-state index contributed by atoms with van der Waals surface area (Å²) in [6, 6.07) is 16.2. The number of hydrogen-bond acceptors (Lipinski definition) is 8. The molecule has 0 spiro atoms. The first-order valence-corrected chi connectivity index (χ1v) is 11.3. The van der Waals surface area contributed by atoms with Crippen molar-refractivity contribution in [2.45, 2.75) is 37.8 Å². The first kappa shape index (κ1) is 21.8. The molecule has 0 amide bonds. The highest BCUT2D eigenvalue weighted by molar-refractivity contribution is 5.76. The van der Waals surface area contributed by atoms with Crippen LogP contribution in [0.25, 0.3) is 11.3 Å². The molecule has 0 radical (unpaired) electrons. The van der Waals surface area contributed by atoms with Crippen LogP contribution in [0.3, 0.4) is 0 Å². The molecule has 1 fully saturated rings. The molecule has 8 heteroatoms. The van der Waals surface area contributed by atoms with Crippen LogP contribution < -0.4 is 16.0 Å². The predicted molar refractivity (Wildman–Crippen MR) is 129 cm³/mol. The second-order valence-electron chi connectivity index (χ2n) is 9.16. The summed E-state index contributed by atoms with van der Waals surface area (Å²) in [7, 11) is 0. The van der Waals surface area contributed by atoms with E-state index in [4.69, 9.17) is 4.98 Å². The molecule has 1 aromatic heterocycles. The minimum atomic E-state index is -0.466. The van der Waals surface area contributed by atoms with Gasteiger partial charge in [-0.25, -0.2) is 9.97 Å². The smallest absolute Gasteiger partial charge is 0.227 e. The van der Waals surface area contributed by atoms with Gasteiger partial charge in [-0.1, -0.05) is 13.0 Å². The summed E-state index contributed by atoms with van der Waals surface area (Å²) in [5.41, 5.74) is 5.57. The van der Waals surface area contributed by atoms with E-state index in [0.717, 1.165) is 28.1 Å². The van der Waals surface area contributed by atoms with Gasteiger partial charge in [0.05, 0.1) is 35.2 Å². The summed E-state index contributed by atoms with van der Waals surface area (Å²) in [5.74, 6) is 0.405. The zero-order valence-electron chi connectivity index (χ0n) is 18.9. The SMILES string of the molecule is C[C@]1(CO)CNc2c(C#N)cc(-c3ccnc(Nc4cc(C#N)ccc4CNC4CC4)n3)cc21. The topological polar surface area (TPSA) is 130 Å². The number of nitriles is 2. The quantitative estimate of drug-likeness (QED) is 0.429. The van der Waals surface area contributed by atoms with Crippen molar-refractivity contribution in [2.75, 3.05) is 23.8 Å². The highest BCUT2D eigenvalue weighted by Gasteiger charge is 2.36. The van der Waals surface area contributed by atoms with Gasteiger partial charge in [-0.05, 0) is 54.3 Å². The normalized spacial score (nSPS) is 18.5. The summed E-state index contributed by atoms with van der Waals surface area (Å²) in [6.45, 7) is 3.22. The van der Waals surface area contributed by atoms with Gasteiger partial charge in [0, 0.05) is 42.0 Å². The molecule has 3 aromatic rings. The molecule has 2 aliphatic rings. The minimum absolute atomic E-state index is 0.0230. The second kappa shape index (κ2) is 8.75. The molecule has 34 heavy (non-hydrogen) atoms. The fourth-order valence-electron chi connectivity index (χ4n) is 4.22. The maximum absolute atomic E-state index is 9.97. The maximum atomic E-state index is 9.97. The molecule has 170 valence electrons. The Morgan fingerprint density at radius 2 is 2.03 bits per heavy atom. The molecule has 1 aliphatic carbocycles. The van der Waals surface area contributed by atoms with E-state index in [0.29, 0.717) is 41.9 Å². The van der Waals surface area contributed by atoms with E-state index in [1.807, 2.05) is 37.3 Å². The maximum Gasteiger partial charge on any atom is 0.227 e. The Hall–Kier alpha value is -3.98. The Morgan fingerprint density at radius 3 is 2.76 bits per heavy atom. The molecular weight excluding hydrogens is 426 g/mol. The summed E-state index contributed by atoms with van der Waals surface area (Å²) in [5, 5.41) is 39.1. The first-order valence-electron chi connectivity index (χ1n) is 11.3. The van der Waals surface area contributed by atoms with Crippen molar-refractivity contribution < 1.29 is 5.11 Å². The van der Waals surface area contributed by atoms with Gasteiger partial charge in [-0.3, -0.25) is 0 Å². The van der Waals surface area contributed by atoms with Gasteiger partial charge in [0.2, 0.25) is 5.95 Å². The van der Waals surface area contributed by atoms with Gasteiger partial charge in [-0.15, -0.1) is 0 Å². The molecule has 0 saturated heterocycles. The number of rotatable bonds is 7. The van der Waals surface area contributed by atoms with Crippen LogP contribution in [0.15, 0.2) is 42.6 Å². The van der Waals surface area contributed by atoms with Crippen LogP contribution in [0.2, 0.25) is 0 Å². The van der Waals surface area contributed by atoms with Gasteiger partial charge >= 0.3 is 0 Å². The van der Waals surface area contributed by atoms with Crippen molar-refractivity contribution in [3.63, 3.8) is 0 Å². The molecule has 1 saturated carbocycles. The molecule has 0 bridgehead atoms. The second-order valence-corrected chi connectivity index (χ2v) is 9.16. The Morgan fingerprint density at radius 1 is 1.18 bits per heavy atom. The Balaban J connectivity index is 1.48. The zero-order chi connectivity index (χ0) is 23.7. The molecule has 0 unspecified atom stereocenters. The zero-order valence-corrected chi connectivity index (χ0v) is 18.9. The van der Waals surface area contributed by atoms with Gasteiger partial charge in [0.1, 0.15) is 6.07 Å². The number of aromatic nitrogens is 2. The van der Waals surface area contributed by atoms with Gasteiger partial charge in [0.25, 0.3) is 0 Å². The van der Waals surface area contributed by atoms with Gasteiger partial charge < -0.3 is 21.1 Å². The molecule has 1 atom stereocenters. The largest absolute Gasteiger partial charge is 0.395 e. The number of anilines is 3. The van der Waals surface area contributed by atoms with Crippen molar-refractivity contribution in [2.24, 2.45) is 0 Å². The van der Waals surface area contributed by atoms with Crippen LogP contribution in [0.5, 0.6) is 0 Å². The van der Waals surface area contributed by atoms with Gasteiger partial charge in [-0.2, -0.15) is 10.5 Å². The predicted octanol–water partition coefficient (Wildman–Crippen LogP) is 3.56. The van der Waals surface area contributed by atoms with Crippen molar-refractivity contribution >= 4 is 17.3 Å². The lowest BCUT2D eigenvalue weighted by atomic mass is 9.83.